The molecule has 7 heteroatoms. The van der Waals surface area contributed by atoms with E-state index in [1.165, 1.54) is 5.56 Å². The van der Waals surface area contributed by atoms with Gasteiger partial charge in [0.05, 0.1) is 31.7 Å². The number of nitrogens with one attached hydrogen (secondary N) is 1. The molecule has 0 saturated carbocycles. The summed E-state index contributed by atoms with van der Waals surface area (Å²) in [7, 11) is 0. The summed E-state index contributed by atoms with van der Waals surface area (Å²) in [4.78, 5) is 0. The van der Waals surface area contributed by atoms with E-state index in [-0.39, 0.29) is 11.5 Å². The van der Waals surface area contributed by atoms with Gasteiger partial charge < -0.3 is 14.8 Å². The lowest BCUT2D eigenvalue weighted by atomic mass is 10.2. The molecule has 1 fully saturated rings. The Morgan fingerprint density at radius 1 is 1.41 bits per heavy atom. The lowest BCUT2D eigenvalue weighted by Crippen LogP contribution is -2.35. The summed E-state index contributed by atoms with van der Waals surface area (Å²) in [6, 6.07) is 8.20. The Balaban J connectivity index is 1.57. The standard InChI is InChI=1S/C15H20N4O2S/c1-11(22)16-6-12-2-4-14(5-3-12)19-7-13(17-18-19)8-21-15-9-20-10-15/h2-5,7,11,15-16,22H,6,8-10H2,1H3. The topological polar surface area (TPSA) is 61.2 Å². The van der Waals surface area contributed by atoms with Crippen molar-refractivity contribution in [1.82, 2.24) is 20.3 Å². The van der Waals surface area contributed by atoms with Crippen molar-refractivity contribution in [2.45, 2.75) is 31.6 Å². The van der Waals surface area contributed by atoms with E-state index in [0.29, 0.717) is 19.8 Å². The fraction of sp³-hybridized carbons (Fsp3) is 0.467. The lowest BCUT2D eigenvalue weighted by Gasteiger charge is -2.25. The van der Waals surface area contributed by atoms with Crippen LogP contribution in [0, 0.1) is 0 Å². The molecule has 1 aliphatic heterocycles. The first kappa shape index (κ1) is 15.5. The van der Waals surface area contributed by atoms with Gasteiger partial charge in [-0.3, -0.25) is 0 Å². The van der Waals surface area contributed by atoms with Crippen LogP contribution in [-0.4, -0.2) is 39.7 Å². The molecule has 1 unspecified atom stereocenters. The number of ether oxygens (including phenoxy) is 2. The van der Waals surface area contributed by atoms with E-state index in [9.17, 15) is 0 Å². The quantitative estimate of drug-likeness (QED) is 0.599. The number of benzene rings is 1. The van der Waals surface area contributed by atoms with Gasteiger partial charge in [-0.15, -0.1) is 5.10 Å². The first-order valence-electron chi connectivity index (χ1n) is 7.32. The van der Waals surface area contributed by atoms with Gasteiger partial charge in [0.1, 0.15) is 11.8 Å². The van der Waals surface area contributed by atoms with Crippen LogP contribution in [-0.2, 0) is 22.6 Å². The molecule has 0 amide bonds. The zero-order chi connectivity index (χ0) is 15.4. The predicted octanol–water partition coefficient (Wildman–Crippen LogP) is 1.55. The number of aromatic nitrogens is 3. The van der Waals surface area contributed by atoms with Crippen LogP contribution in [0.3, 0.4) is 0 Å². The molecule has 1 aromatic carbocycles. The smallest absolute Gasteiger partial charge is 0.109 e. The monoisotopic (exact) mass is 320 g/mol. The molecule has 1 aromatic heterocycles. The van der Waals surface area contributed by atoms with Crippen LogP contribution in [0.2, 0.25) is 0 Å². The molecule has 0 spiro atoms. The van der Waals surface area contributed by atoms with E-state index < -0.39 is 0 Å². The van der Waals surface area contributed by atoms with Crippen LogP contribution >= 0.6 is 12.6 Å². The molecular formula is C15H20N4O2S. The summed E-state index contributed by atoms with van der Waals surface area (Å²) in [6.07, 6.45) is 2.09. The summed E-state index contributed by atoms with van der Waals surface area (Å²) < 4.78 is 12.5. The van der Waals surface area contributed by atoms with E-state index in [0.717, 1.165) is 17.9 Å². The zero-order valence-corrected chi connectivity index (χ0v) is 13.4. The van der Waals surface area contributed by atoms with E-state index >= 15 is 0 Å². The molecule has 0 bridgehead atoms. The van der Waals surface area contributed by atoms with E-state index in [4.69, 9.17) is 9.47 Å². The molecule has 0 radical (unpaired) electrons. The molecule has 0 aliphatic carbocycles. The third-order valence-electron chi connectivity index (χ3n) is 3.42. The second kappa shape index (κ2) is 7.23. The number of hydrogen-bond acceptors (Lipinski definition) is 6. The molecular weight excluding hydrogens is 300 g/mol. The summed E-state index contributed by atoms with van der Waals surface area (Å²) >= 11 is 4.30. The first-order chi connectivity index (χ1) is 10.7. The third kappa shape index (κ3) is 4.07. The SMILES string of the molecule is CC(S)NCc1ccc(-n2cc(COC3COC3)nn2)cc1. The van der Waals surface area contributed by atoms with Crippen molar-refractivity contribution in [3.63, 3.8) is 0 Å². The molecule has 1 saturated heterocycles. The Bertz CT molecular complexity index is 596. The Kier molecular flexibility index (Phi) is 5.09. The van der Waals surface area contributed by atoms with Crippen molar-refractivity contribution in [3.8, 4) is 5.69 Å². The van der Waals surface area contributed by atoms with E-state index in [1.54, 1.807) is 4.68 Å². The number of rotatable bonds is 7. The lowest BCUT2D eigenvalue weighted by molar-refractivity contribution is -0.135. The van der Waals surface area contributed by atoms with Gasteiger partial charge in [-0.05, 0) is 24.6 Å². The van der Waals surface area contributed by atoms with Crippen LogP contribution in [0.4, 0.5) is 0 Å². The van der Waals surface area contributed by atoms with Crippen molar-refractivity contribution in [3.05, 3.63) is 41.7 Å². The molecule has 3 rings (SSSR count). The number of hydrogen-bond donors (Lipinski definition) is 2. The minimum atomic E-state index is 0.179. The average molecular weight is 320 g/mol. The van der Waals surface area contributed by atoms with Crippen LogP contribution in [0.1, 0.15) is 18.2 Å². The fourth-order valence-corrected chi connectivity index (χ4v) is 2.13. The van der Waals surface area contributed by atoms with Gasteiger partial charge in [0.2, 0.25) is 0 Å². The Morgan fingerprint density at radius 2 is 2.18 bits per heavy atom. The van der Waals surface area contributed by atoms with Crippen molar-refractivity contribution < 1.29 is 9.47 Å². The van der Waals surface area contributed by atoms with Gasteiger partial charge in [-0.25, -0.2) is 4.68 Å². The van der Waals surface area contributed by atoms with Crippen LogP contribution in [0.15, 0.2) is 30.5 Å². The summed E-state index contributed by atoms with van der Waals surface area (Å²) in [5.41, 5.74) is 3.01. The minimum Gasteiger partial charge on any atom is -0.376 e. The summed E-state index contributed by atoms with van der Waals surface area (Å²) in [6.45, 7) is 4.62. The maximum Gasteiger partial charge on any atom is 0.109 e. The zero-order valence-electron chi connectivity index (χ0n) is 12.5. The highest BCUT2D eigenvalue weighted by atomic mass is 32.1. The predicted molar refractivity (Wildman–Crippen MR) is 86.0 cm³/mol. The Labute approximate surface area is 135 Å². The first-order valence-corrected chi connectivity index (χ1v) is 7.83. The molecule has 6 nitrogen and oxygen atoms in total. The molecule has 1 atom stereocenters. The highest BCUT2D eigenvalue weighted by molar-refractivity contribution is 7.80. The Morgan fingerprint density at radius 3 is 2.82 bits per heavy atom. The molecule has 1 N–H and O–H groups in total. The van der Waals surface area contributed by atoms with Gasteiger partial charge in [-0.1, -0.05) is 17.3 Å². The average Bonchev–Trinajstić information content (AvgIpc) is 2.93. The summed E-state index contributed by atoms with van der Waals surface area (Å²) in [5.74, 6) is 0. The van der Waals surface area contributed by atoms with Gasteiger partial charge in [0, 0.05) is 11.9 Å². The molecule has 2 heterocycles. The van der Waals surface area contributed by atoms with Gasteiger partial charge in [0.15, 0.2) is 0 Å². The van der Waals surface area contributed by atoms with Crippen LogP contribution < -0.4 is 5.32 Å². The van der Waals surface area contributed by atoms with Gasteiger partial charge >= 0.3 is 0 Å². The molecule has 2 aromatic rings. The maximum atomic E-state index is 5.63. The maximum absolute atomic E-state index is 5.63. The number of nitrogens with zero attached hydrogens (tertiary/aromatic N) is 3. The normalized spacial score (nSPS) is 16.5. The van der Waals surface area contributed by atoms with Crippen molar-refractivity contribution >= 4 is 12.6 Å². The molecule has 118 valence electrons. The van der Waals surface area contributed by atoms with Crippen LogP contribution in [0.25, 0.3) is 5.69 Å². The van der Waals surface area contributed by atoms with E-state index in [2.05, 4.69) is 40.4 Å². The molecule has 22 heavy (non-hydrogen) atoms. The Hall–Kier alpha value is -1.41. The molecule has 1 aliphatic rings. The number of thiol groups is 1. The van der Waals surface area contributed by atoms with Crippen LogP contribution in [0.5, 0.6) is 0 Å². The van der Waals surface area contributed by atoms with Crippen molar-refractivity contribution in [2.75, 3.05) is 13.2 Å². The highest BCUT2D eigenvalue weighted by Crippen LogP contribution is 2.12. The fourth-order valence-electron chi connectivity index (χ4n) is 2.04. The van der Waals surface area contributed by atoms with Crippen molar-refractivity contribution in [1.29, 1.82) is 0 Å². The second-order valence-electron chi connectivity index (χ2n) is 5.35. The van der Waals surface area contributed by atoms with Gasteiger partial charge in [-0.2, -0.15) is 12.6 Å². The minimum absolute atomic E-state index is 0.179. The van der Waals surface area contributed by atoms with Gasteiger partial charge in [0.25, 0.3) is 0 Å². The van der Waals surface area contributed by atoms with E-state index in [1.807, 2.05) is 25.3 Å². The summed E-state index contributed by atoms with van der Waals surface area (Å²) in [5, 5.41) is 11.7. The third-order valence-corrected chi connectivity index (χ3v) is 3.60. The highest BCUT2D eigenvalue weighted by Gasteiger charge is 2.19. The van der Waals surface area contributed by atoms with Crippen molar-refractivity contribution in [2.24, 2.45) is 0 Å². The second-order valence-corrected chi connectivity index (χ2v) is 6.12. The largest absolute Gasteiger partial charge is 0.376 e.